The van der Waals surface area contributed by atoms with Crippen molar-refractivity contribution in [1.82, 2.24) is 16.0 Å². The van der Waals surface area contributed by atoms with Crippen LogP contribution in [0.3, 0.4) is 0 Å². The van der Waals surface area contributed by atoms with Crippen LogP contribution in [0.2, 0.25) is 0 Å². The summed E-state index contributed by atoms with van der Waals surface area (Å²) in [6.45, 7) is 9.61. The number of fused-ring (bicyclic) bond motifs is 3. The third-order valence-corrected chi connectivity index (χ3v) is 7.78. The van der Waals surface area contributed by atoms with Crippen molar-refractivity contribution in [1.29, 1.82) is 0 Å². The second-order valence-corrected chi connectivity index (χ2v) is 10.9. The summed E-state index contributed by atoms with van der Waals surface area (Å²) >= 11 is 0. The van der Waals surface area contributed by atoms with Crippen LogP contribution in [0.5, 0.6) is 0 Å². The number of halogens is 3. The lowest BCUT2D eigenvalue weighted by atomic mass is 9.73. The number of hydrogen-bond acceptors (Lipinski definition) is 4. The van der Waals surface area contributed by atoms with Gasteiger partial charge in [-0.3, -0.25) is 9.59 Å². The maximum absolute atomic E-state index is 13.4. The molecule has 2 amide bonds. The van der Waals surface area contributed by atoms with E-state index < -0.39 is 24.0 Å². The second-order valence-electron chi connectivity index (χ2n) is 10.9. The molecule has 45 heavy (non-hydrogen) atoms. The normalized spacial score (nSPS) is 14.5. The molecule has 0 heterocycles. The van der Waals surface area contributed by atoms with Crippen LogP contribution in [-0.2, 0) is 15.0 Å². The minimum absolute atomic E-state index is 0.136. The molecule has 1 atom stereocenters. The van der Waals surface area contributed by atoms with Gasteiger partial charge in [-0.15, -0.1) is 0 Å². The molecule has 9 heteroatoms. The molecule has 0 saturated carbocycles. The lowest BCUT2D eigenvalue weighted by Crippen LogP contribution is -2.47. The molecule has 0 bridgehead atoms. The Morgan fingerprint density at radius 2 is 1.64 bits per heavy atom. The van der Waals surface area contributed by atoms with Crippen LogP contribution in [0.25, 0.3) is 11.1 Å². The smallest absolute Gasteiger partial charge is 0.402 e. The molecule has 0 radical (unpaired) electrons. The first kappa shape index (κ1) is 37.1. The Hall–Kier alpha value is -4.11. The highest BCUT2D eigenvalue weighted by Crippen LogP contribution is 2.51. The molecule has 2 aromatic rings. The van der Waals surface area contributed by atoms with Crippen molar-refractivity contribution >= 4 is 12.3 Å². The highest BCUT2D eigenvalue weighted by Gasteiger charge is 2.49. The Kier molecular flexibility index (Phi) is 15.4. The van der Waals surface area contributed by atoms with Crippen molar-refractivity contribution in [2.24, 2.45) is 5.73 Å². The number of allylic oxidation sites excluding steroid dienone is 7. The lowest BCUT2D eigenvalue weighted by molar-refractivity contribution is -0.141. The minimum Gasteiger partial charge on any atom is -0.402 e. The average molecular weight is 625 g/mol. The number of nitrogens with two attached hydrogens (primary N) is 1. The SMILES string of the molecule is C=CC(/C=C\C=C/C)=C(/C)N.CC[C@@H](CCNCCCCC1(C(=O)NCC(F)(F)F)c2ccccc2-c2ccccc21)NC=O. The van der Waals surface area contributed by atoms with Crippen LogP contribution in [0, 0.1) is 0 Å². The average Bonchev–Trinajstić information content (AvgIpc) is 3.31. The molecule has 1 aliphatic rings. The van der Waals surface area contributed by atoms with E-state index in [1.54, 1.807) is 6.08 Å². The van der Waals surface area contributed by atoms with Crippen LogP contribution in [0.4, 0.5) is 13.2 Å². The molecule has 244 valence electrons. The quantitative estimate of drug-likeness (QED) is 0.0934. The first-order valence-electron chi connectivity index (χ1n) is 15.4. The summed E-state index contributed by atoms with van der Waals surface area (Å²) in [7, 11) is 0. The second kappa shape index (κ2) is 18.6. The topological polar surface area (TPSA) is 96.2 Å². The Morgan fingerprint density at radius 1 is 1.02 bits per heavy atom. The van der Waals surface area contributed by atoms with Crippen molar-refractivity contribution in [3.63, 3.8) is 0 Å². The van der Waals surface area contributed by atoms with Crippen LogP contribution in [0.1, 0.15) is 64.0 Å². The van der Waals surface area contributed by atoms with Gasteiger partial charge in [0.25, 0.3) is 0 Å². The summed E-state index contributed by atoms with van der Waals surface area (Å²) in [5, 5.41) is 8.30. The number of amides is 2. The number of hydrogen-bond donors (Lipinski definition) is 4. The largest absolute Gasteiger partial charge is 0.405 e. The van der Waals surface area contributed by atoms with Crippen molar-refractivity contribution in [3.05, 3.63) is 108 Å². The van der Waals surface area contributed by atoms with Gasteiger partial charge in [0.1, 0.15) is 12.0 Å². The fraction of sp³-hybridized carbons (Fsp3) is 0.389. The van der Waals surface area contributed by atoms with Crippen LogP contribution in [-0.4, -0.2) is 44.2 Å². The number of carbonyl (C=O) groups is 2. The van der Waals surface area contributed by atoms with Gasteiger partial charge in [-0.25, -0.2) is 0 Å². The molecule has 0 aliphatic heterocycles. The summed E-state index contributed by atoms with van der Waals surface area (Å²) in [6, 6.07) is 15.1. The van der Waals surface area contributed by atoms with Crippen molar-refractivity contribution in [2.75, 3.05) is 19.6 Å². The van der Waals surface area contributed by atoms with E-state index in [4.69, 9.17) is 5.73 Å². The molecular formula is C36H47F3N4O2. The molecule has 6 nitrogen and oxygen atoms in total. The Morgan fingerprint density at radius 3 is 2.16 bits per heavy atom. The maximum Gasteiger partial charge on any atom is 0.405 e. The number of carbonyl (C=O) groups excluding carboxylic acids is 2. The molecule has 3 rings (SSSR count). The first-order chi connectivity index (χ1) is 21.5. The summed E-state index contributed by atoms with van der Waals surface area (Å²) in [6.07, 6.45) is 9.30. The highest BCUT2D eigenvalue weighted by molar-refractivity contribution is 6.00. The van der Waals surface area contributed by atoms with Gasteiger partial charge in [0.05, 0.1) is 0 Å². The van der Waals surface area contributed by atoms with E-state index in [0.29, 0.717) is 19.3 Å². The number of alkyl halides is 3. The fourth-order valence-corrected chi connectivity index (χ4v) is 5.46. The van der Waals surface area contributed by atoms with Gasteiger partial charge in [0.2, 0.25) is 12.3 Å². The molecule has 1 aliphatic carbocycles. The molecule has 2 aromatic carbocycles. The van der Waals surface area contributed by atoms with Gasteiger partial charge in [0.15, 0.2) is 0 Å². The van der Waals surface area contributed by atoms with E-state index in [9.17, 15) is 22.8 Å². The van der Waals surface area contributed by atoms with E-state index in [1.807, 2.05) is 93.6 Å². The van der Waals surface area contributed by atoms with Gasteiger partial charge in [0, 0.05) is 11.7 Å². The zero-order valence-corrected chi connectivity index (χ0v) is 26.6. The number of rotatable bonds is 16. The summed E-state index contributed by atoms with van der Waals surface area (Å²) < 4.78 is 38.8. The van der Waals surface area contributed by atoms with Gasteiger partial charge < -0.3 is 21.7 Å². The third-order valence-electron chi connectivity index (χ3n) is 7.78. The van der Waals surface area contributed by atoms with E-state index in [0.717, 1.165) is 65.9 Å². The minimum atomic E-state index is -4.48. The van der Waals surface area contributed by atoms with Crippen molar-refractivity contribution < 1.29 is 22.8 Å². The maximum atomic E-state index is 13.4. The predicted molar refractivity (Wildman–Crippen MR) is 177 cm³/mol. The number of benzene rings is 2. The van der Waals surface area contributed by atoms with E-state index >= 15 is 0 Å². The molecular weight excluding hydrogens is 577 g/mol. The van der Waals surface area contributed by atoms with Gasteiger partial charge in [-0.2, -0.15) is 13.2 Å². The molecule has 0 saturated heterocycles. The van der Waals surface area contributed by atoms with Crippen LogP contribution < -0.4 is 21.7 Å². The monoisotopic (exact) mass is 624 g/mol. The van der Waals surface area contributed by atoms with Gasteiger partial charge in [-0.1, -0.05) is 98.8 Å². The highest BCUT2D eigenvalue weighted by atomic mass is 19.4. The first-order valence-corrected chi connectivity index (χ1v) is 15.4. The van der Waals surface area contributed by atoms with Crippen LogP contribution >= 0.6 is 0 Å². The molecule has 5 N–H and O–H groups in total. The predicted octanol–water partition coefficient (Wildman–Crippen LogP) is 6.84. The van der Waals surface area contributed by atoms with E-state index in [2.05, 4.69) is 22.5 Å². The van der Waals surface area contributed by atoms with Gasteiger partial charge >= 0.3 is 6.18 Å². The standard InChI is InChI=1S/C26H32F3N3O2.C10H15N/c1-2-19(32-18-33)13-16-30-15-8-7-14-25(24(34)31-17-26(27,28)29)22-11-5-3-9-20(22)21-10-4-6-12-23(21)25;1-4-6-7-8-10(5-2)9(3)11/h3-6,9-12,18-19,30H,2,7-8,13-17H2,1H3,(H,31,34)(H,32,33);4-8H,2,11H2,1,3H3/b;6-4-,8-7-,10-9+/t19-;/m0./s1. The zero-order valence-electron chi connectivity index (χ0n) is 26.6. The summed E-state index contributed by atoms with van der Waals surface area (Å²) in [4.78, 5) is 24.0. The Labute approximate surface area is 265 Å². The number of unbranched alkanes of at least 4 members (excludes halogenated alkanes) is 1. The Bertz CT molecular complexity index is 1300. The van der Waals surface area contributed by atoms with Gasteiger partial charge in [-0.05, 0) is 80.4 Å². The molecule has 0 fully saturated rings. The van der Waals surface area contributed by atoms with Crippen molar-refractivity contribution in [3.8, 4) is 11.1 Å². The molecule has 0 spiro atoms. The third kappa shape index (κ3) is 10.8. The van der Waals surface area contributed by atoms with Crippen LogP contribution in [0.15, 0.2) is 96.8 Å². The number of nitrogens with one attached hydrogen (secondary N) is 3. The Balaban J connectivity index is 0.000000547. The van der Waals surface area contributed by atoms with E-state index in [-0.39, 0.29) is 6.04 Å². The zero-order chi connectivity index (χ0) is 33.3. The summed E-state index contributed by atoms with van der Waals surface area (Å²) in [5.41, 5.74) is 9.48. The van der Waals surface area contributed by atoms with Crippen molar-refractivity contribution in [2.45, 2.75) is 70.5 Å². The lowest BCUT2D eigenvalue weighted by Gasteiger charge is -2.31. The summed E-state index contributed by atoms with van der Waals surface area (Å²) in [5.74, 6) is -0.610. The van der Waals surface area contributed by atoms with E-state index in [1.165, 1.54) is 0 Å². The molecule has 0 unspecified atom stereocenters. The molecule has 0 aromatic heterocycles. The fourth-order valence-electron chi connectivity index (χ4n) is 5.46.